The number of benzene rings is 2. The van der Waals surface area contributed by atoms with Crippen molar-refractivity contribution >= 4 is 10.8 Å². The summed E-state index contributed by atoms with van der Waals surface area (Å²) < 4.78 is 2.21. The van der Waals surface area contributed by atoms with Gasteiger partial charge in [0.05, 0.1) is 29.3 Å². The molecule has 0 saturated heterocycles. The zero-order valence-electron chi connectivity index (χ0n) is 11.7. The minimum absolute atomic E-state index is 0.725. The van der Waals surface area contributed by atoms with Crippen molar-refractivity contribution in [1.82, 2.24) is 9.55 Å². The summed E-state index contributed by atoms with van der Waals surface area (Å²) in [6, 6.07) is 14.3. The molecule has 0 fully saturated rings. The van der Waals surface area contributed by atoms with Crippen LogP contribution in [-0.2, 0) is 12.8 Å². The predicted molar refractivity (Wildman–Crippen MR) is 82.4 cm³/mol. The second-order valence-electron chi connectivity index (χ2n) is 5.50. The second-order valence-corrected chi connectivity index (χ2v) is 5.50. The van der Waals surface area contributed by atoms with E-state index in [0.717, 1.165) is 34.9 Å². The van der Waals surface area contributed by atoms with Crippen LogP contribution in [0.4, 0.5) is 0 Å². The van der Waals surface area contributed by atoms with Crippen molar-refractivity contribution in [2.75, 3.05) is 0 Å². The Labute approximate surface area is 123 Å². The molecular weight excluding hydrogens is 258 g/mol. The zero-order valence-corrected chi connectivity index (χ0v) is 11.7. The van der Waals surface area contributed by atoms with Crippen molar-refractivity contribution in [2.45, 2.75) is 25.7 Å². The summed E-state index contributed by atoms with van der Waals surface area (Å²) in [4.78, 5) is 4.58. The third-order valence-corrected chi connectivity index (χ3v) is 4.31. The first kappa shape index (κ1) is 12.2. The number of aromatic nitrogens is 2. The largest absolute Gasteiger partial charge is 0.302 e. The molecule has 0 atom stereocenters. The first-order chi connectivity index (χ1) is 10.4. The van der Waals surface area contributed by atoms with E-state index in [4.69, 9.17) is 0 Å². The summed E-state index contributed by atoms with van der Waals surface area (Å²) in [7, 11) is 0. The van der Waals surface area contributed by atoms with E-state index in [-0.39, 0.29) is 0 Å². The van der Waals surface area contributed by atoms with Crippen LogP contribution in [0.25, 0.3) is 16.5 Å². The number of fused-ring (bicyclic) bond motifs is 2. The maximum atomic E-state index is 9.28. The molecule has 1 heterocycles. The highest BCUT2D eigenvalue weighted by molar-refractivity contribution is 5.94. The van der Waals surface area contributed by atoms with E-state index in [1.165, 1.54) is 24.2 Å². The minimum atomic E-state index is 0.725. The lowest BCUT2D eigenvalue weighted by atomic mass is 10.00. The van der Waals surface area contributed by atoms with Crippen molar-refractivity contribution in [2.24, 2.45) is 0 Å². The normalized spacial score (nSPS) is 13.9. The van der Waals surface area contributed by atoms with Crippen LogP contribution in [0.3, 0.4) is 0 Å². The molecule has 21 heavy (non-hydrogen) atoms. The molecule has 0 saturated carbocycles. The van der Waals surface area contributed by atoms with E-state index in [1.807, 2.05) is 36.7 Å². The van der Waals surface area contributed by atoms with Gasteiger partial charge in [-0.2, -0.15) is 5.26 Å². The van der Waals surface area contributed by atoms with Crippen LogP contribution in [0.5, 0.6) is 0 Å². The molecule has 0 N–H and O–H groups in total. The van der Waals surface area contributed by atoms with Crippen LogP contribution < -0.4 is 0 Å². The number of hydrogen-bond acceptors (Lipinski definition) is 2. The van der Waals surface area contributed by atoms with Gasteiger partial charge in [-0.1, -0.05) is 24.3 Å². The molecule has 0 radical (unpaired) electrons. The fourth-order valence-electron chi connectivity index (χ4n) is 3.27. The molecule has 3 aromatic rings. The van der Waals surface area contributed by atoms with Crippen molar-refractivity contribution in [3.63, 3.8) is 0 Å². The van der Waals surface area contributed by atoms with E-state index >= 15 is 0 Å². The van der Waals surface area contributed by atoms with Crippen molar-refractivity contribution < 1.29 is 0 Å². The fraction of sp³-hybridized carbons (Fsp3) is 0.222. The Morgan fingerprint density at radius 1 is 1.00 bits per heavy atom. The van der Waals surface area contributed by atoms with Crippen LogP contribution in [0.1, 0.15) is 29.8 Å². The van der Waals surface area contributed by atoms with E-state index in [1.54, 1.807) is 0 Å². The predicted octanol–water partition coefficient (Wildman–Crippen LogP) is 3.78. The Hall–Kier alpha value is -2.60. The first-order valence-electron chi connectivity index (χ1n) is 7.36. The highest BCUT2D eigenvalue weighted by atomic mass is 15.1. The Bertz CT molecular complexity index is 868. The maximum Gasteiger partial charge on any atom is 0.0998 e. The van der Waals surface area contributed by atoms with Gasteiger partial charge in [-0.15, -0.1) is 0 Å². The topological polar surface area (TPSA) is 41.6 Å². The molecule has 0 amide bonds. The molecule has 0 bridgehead atoms. The van der Waals surface area contributed by atoms with Gasteiger partial charge in [-0.25, -0.2) is 4.98 Å². The average molecular weight is 273 g/mol. The van der Waals surface area contributed by atoms with Crippen molar-refractivity contribution in [3.05, 3.63) is 59.7 Å². The molecule has 102 valence electrons. The zero-order chi connectivity index (χ0) is 14.2. The van der Waals surface area contributed by atoms with Gasteiger partial charge in [-0.05, 0) is 37.8 Å². The number of nitrogens with zero attached hydrogens (tertiary/aromatic N) is 3. The molecule has 0 unspecified atom stereocenters. The highest BCUT2D eigenvalue weighted by Gasteiger charge is 2.17. The van der Waals surface area contributed by atoms with Crippen LogP contribution in [0.15, 0.2) is 42.7 Å². The summed E-state index contributed by atoms with van der Waals surface area (Å²) in [6.45, 7) is 0. The SMILES string of the molecule is N#Cc1ccc(-n2cnc3c2CCCC3)c2ccccc12. The van der Waals surface area contributed by atoms with Crippen LogP contribution in [0.2, 0.25) is 0 Å². The molecule has 3 heteroatoms. The third-order valence-electron chi connectivity index (χ3n) is 4.31. The van der Waals surface area contributed by atoms with Gasteiger partial charge < -0.3 is 4.57 Å². The van der Waals surface area contributed by atoms with Crippen LogP contribution in [-0.4, -0.2) is 9.55 Å². The molecule has 3 nitrogen and oxygen atoms in total. The van der Waals surface area contributed by atoms with Crippen molar-refractivity contribution in [1.29, 1.82) is 5.26 Å². The molecule has 1 aromatic heterocycles. The number of nitriles is 1. The summed E-state index contributed by atoms with van der Waals surface area (Å²) in [5.74, 6) is 0. The summed E-state index contributed by atoms with van der Waals surface area (Å²) in [5.41, 5.74) is 4.41. The Balaban J connectivity index is 2.00. The number of rotatable bonds is 1. The van der Waals surface area contributed by atoms with Crippen molar-refractivity contribution in [3.8, 4) is 11.8 Å². The Kier molecular flexibility index (Phi) is 2.75. The maximum absolute atomic E-state index is 9.28. The Morgan fingerprint density at radius 2 is 1.81 bits per heavy atom. The van der Waals surface area contributed by atoms with E-state index in [2.05, 4.69) is 21.7 Å². The third kappa shape index (κ3) is 1.84. The average Bonchev–Trinajstić information content (AvgIpc) is 2.98. The smallest absolute Gasteiger partial charge is 0.0998 e. The summed E-state index contributed by atoms with van der Waals surface area (Å²) in [5, 5.41) is 11.4. The number of aryl methyl sites for hydroxylation is 1. The molecule has 0 aliphatic heterocycles. The molecule has 2 aromatic carbocycles. The fourth-order valence-corrected chi connectivity index (χ4v) is 3.27. The Morgan fingerprint density at radius 3 is 2.67 bits per heavy atom. The highest BCUT2D eigenvalue weighted by Crippen LogP contribution is 2.29. The van der Waals surface area contributed by atoms with Crippen LogP contribution in [0, 0.1) is 11.3 Å². The lowest BCUT2D eigenvalue weighted by Gasteiger charge is -2.16. The molecule has 4 rings (SSSR count). The quantitative estimate of drug-likeness (QED) is 0.677. The molecular formula is C18H15N3. The summed E-state index contributed by atoms with van der Waals surface area (Å²) in [6.07, 6.45) is 6.56. The monoisotopic (exact) mass is 273 g/mol. The number of hydrogen-bond donors (Lipinski definition) is 0. The minimum Gasteiger partial charge on any atom is -0.302 e. The molecule has 1 aliphatic rings. The van der Waals surface area contributed by atoms with Gasteiger partial charge in [0.1, 0.15) is 0 Å². The van der Waals surface area contributed by atoms with E-state index in [9.17, 15) is 5.26 Å². The standard InChI is InChI=1S/C18H15N3/c19-11-13-9-10-17(15-6-2-1-5-14(13)15)21-12-20-16-7-3-4-8-18(16)21/h1-2,5-6,9-10,12H,3-4,7-8H2. The first-order valence-corrected chi connectivity index (χ1v) is 7.36. The summed E-state index contributed by atoms with van der Waals surface area (Å²) >= 11 is 0. The van der Waals surface area contributed by atoms with Gasteiger partial charge in [0.25, 0.3) is 0 Å². The van der Waals surface area contributed by atoms with Gasteiger partial charge >= 0.3 is 0 Å². The number of imidazole rings is 1. The van der Waals surface area contributed by atoms with Gasteiger partial charge in [-0.3, -0.25) is 0 Å². The van der Waals surface area contributed by atoms with Gasteiger partial charge in [0.2, 0.25) is 0 Å². The van der Waals surface area contributed by atoms with Crippen LogP contribution >= 0.6 is 0 Å². The van der Waals surface area contributed by atoms with Gasteiger partial charge in [0.15, 0.2) is 0 Å². The lowest BCUT2D eigenvalue weighted by Crippen LogP contribution is -2.07. The van der Waals surface area contributed by atoms with Gasteiger partial charge in [0, 0.05) is 16.5 Å². The second kappa shape index (κ2) is 4.75. The molecule has 1 aliphatic carbocycles. The van der Waals surface area contributed by atoms with E-state index < -0.39 is 0 Å². The molecule has 0 spiro atoms. The van der Waals surface area contributed by atoms with E-state index in [0.29, 0.717) is 0 Å². The lowest BCUT2D eigenvalue weighted by molar-refractivity contribution is 0.656.